The molecular formula is C10H8NO7S2. The number of benzene rings is 2. The summed E-state index contributed by atoms with van der Waals surface area (Å²) in [6, 6.07) is 4.77. The summed E-state index contributed by atoms with van der Waals surface area (Å²) in [6.45, 7) is 0. The van der Waals surface area contributed by atoms with Gasteiger partial charge < -0.3 is 10.8 Å². The maximum atomic E-state index is 11.2. The number of hydrogen-bond acceptors (Lipinski definition) is 6. The third-order valence-corrected chi connectivity index (χ3v) is 4.23. The Hall–Kier alpha value is -1.88. The highest BCUT2D eigenvalue weighted by Crippen LogP contribution is 2.36. The van der Waals surface area contributed by atoms with Crippen LogP contribution in [0.3, 0.4) is 0 Å². The van der Waals surface area contributed by atoms with Gasteiger partial charge in [-0.3, -0.25) is 9.11 Å². The van der Waals surface area contributed by atoms with Crippen molar-refractivity contribution in [2.75, 3.05) is 5.73 Å². The molecule has 8 nitrogen and oxygen atoms in total. The maximum Gasteiger partial charge on any atom is 0.295 e. The van der Waals surface area contributed by atoms with Crippen molar-refractivity contribution in [1.82, 2.24) is 0 Å². The Morgan fingerprint density at radius 1 is 1.05 bits per heavy atom. The van der Waals surface area contributed by atoms with Crippen LogP contribution in [0.25, 0.3) is 10.8 Å². The number of hydrogen-bond donors (Lipinski definition) is 4. The molecule has 0 saturated carbocycles. The zero-order valence-electron chi connectivity index (χ0n) is 9.60. The number of aromatic hydroxyl groups is 1. The standard InChI is InChI=1S/C10H8NO7S2/c11-7-1-2-9(20(16,17)18)6-3-5(19(13,14)15)4-8(12)10(6)7/h1-3,12H,11H2,(H,13,14,15)(H,16,17,18). The molecule has 2 aromatic carbocycles. The fourth-order valence-corrected chi connectivity index (χ4v) is 2.91. The molecule has 2 rings (SSSR count). The van der Waals surface area contributed by atoms with Crippen LogP contribution in [-0.4, -0.2) is 31.0 Å². The Kier molecular flexibility index (Phi) is 3.13. The number of anilines is 1. The molecule has 0 saturated heterocycles. The van der Waals surface area contributed by atoms with Crippen molar-refractivity contribution in [2.24, 2.45) is 0 Å². The first-order chi connectivity index (χ1) is 9.01. The van der Waals surface area contributed by atoms with Gasteiger partial charge in [0.1, 0.15) is 15.5 Å². The van der Waals surface area contributed by atoms with E-state index in [0.717, 1.165) is 18.2 Å². The fraction of sp³-hybridized carbons (Fsp3) is 0. The molecule has 5 N–H and O–H groups in total. The molecular weight excluding hydrogens is 310 g/mol. The van der Waals surface area contributed by atoms with E-state index in [4.69, 9.17) is 14.8 Å². The molecule has 10 heteroatoms. The lowest BCUT2D eigenvalue weighted by atomic mass is 10.1. The number of nitrogens with two attached hydrogens (primary N) is 1. The minimum Gasteiger partial charge on any atom is -0.507 e. The van der Waals surface area contributed by atoms with Gasteiger partial charge in [-0.25, -0.2) is 0 Å². The van der Waals surface area contributed by atoms with Gasteiger partial charge in [-0.15, -0.1) is 0 Å². The topological polar surface area (TPSA) is 155 Å². The molecule has 2 aromatic rings. The molecule has 0 aliphatic heterocycles. The zero-order valence-corrected chi connectivity index (χ0v) is 11.2. The highest BCUT2D eigenvalue weighted by atomic mass is 32.2. The number of rotatable bonds is 2. The molecule has 0 bridgehead atoms. The predicted octanol–water partition coefficient (Wildman–Crippen LogP) is 0.421. The van der Waals surface area contributed by atoms with Crippen molar-refractivity contribution >= 4 is 36.7 Å². The van der Waals surface area contributed by atoms with Crippen LogP contribution in [0.1, 0.15) is 0 Å². The normalized spacial score (nSPS) is 12.7. The summed E-state index contributed by atoms with van der Waals surface area (Å²) in [5.41, 5.74) is 5.51. The van der Waals surface area contributed by atoms with Gasteiger partial charge in [0.05, 0.1) is 6.07 Å². The van der Waals surface area contributed by atoms with Gasteiger partial charge in [0.15, 0.2) is 0 Å². The quantitative estimate of drug-likeness (QED) is 0.458. The average Bonchev–Trinajstić information content (AvgIpc) is 2.25. The first-order valence-electron chi connectivity index (χ1n) is 4.94. The number of phenolic OH excluding ortho intramolecular Hbond substituents is 1. The first-order valence-corrected chi connectivity index (χ1v) is 7.82. The van der Waals surface area contributed by atoms with Crippen molar-refractivity contribution < 1.29 is 31.0 Å². The summed E-state index contributed by atoms with van der Waals surface area (Å²) in [4.78, 5) is -1.51. The van der Waals surface area contributed by atoms with Gasteiger partial charge in [0.2, 0.25) is 0 Å². The first kappa shape index (κ1) is 14.5. The highest BCUT2D eigenvalue weighted by Gasteiger charge is 2.21. The summed E-state index contributed by atoms with van der Waals surface area (Å²) in [5, 5.41) is 9.15. The molecule has 0 aliphatic rings. The third kappa shape index (κ3) is 2.41. The average molecular weight is 318 g/mol. The van der Waals surface area contributed by atoms with E-state index in [9.17, 15) is 21.9 Å². The molecule has 0 amide bonds. The molecule has 0 atom stereocenters. The van der Waals surface area contributed by atoms with E-state index in [-0.39, 0.29) is 16.5 Å². The van der Waals surface area contributed by atoms with E-state index in [1.165, 1.54) is 0 Å². The zero-order chi connectivity index (χ0) is 15.3. The maximum absolute atomic E-state index is 11.2. The lowest BCUT2D eigenvalue weighted by Crippen LogP contribution is -2.03. The summed E-state index contributed by atoms with van der Waals surface area (Å²) in [7, 11) is -9.41. The van der Waals surface area contributed by atoms with Crippen molar-refractivity contribution in [2.45, 2.75) is 9.79 Å². The lowest BCUT2D eigenvalue weighted by molar-refractivity contribution is 0.469. The summed E-state index contributed by atoms with van der Waals surface area (Å²) < 4.78 is 62.6. The molecule has 20 heavy (non-hydrogen) atoms. The summed E-state index contributed by atoms with van der Waals surface area (Å²) >= 11 is 0. The highest BCUT2D eigenvalue weighted by molar-refractivity contribution is 7.86. The van der Waals surface area contributed by atoms with Crippen LogP contribution in [0.5, 0.6) is 5.75 Å². The molecule has 1 radical (unpaired) electrons. The second-order valence-corrected chi connectivity index (χ2v) is 6.65. The largest absolute Gasteiger partial charge is 0.507 e. The number of phenols is 1. The predicted molar refractivity (Wildman–Crippen MR) is 68.5 cm³/mol. The van der Waals surface area contributed by atoms with Crippen LogP contribution >= 0.6 is 0 Å². The second kappa shape index (κ2) is 4.31. The second-order valence-electron chi connectivity index (χ2n) is 3.87. The van der Waals surface area contributed by atoms with Gasteiger partial charge >= 0.3 is 0 Å². The van der Waals surface area contributed by atoms with Gasteiger partial charge in [0, 0.05) is 16.5 Å². The molecule has 0 aliphatic carbocycles. The third-order valence-electron chi connectivity index (χ3n) is 2.55. The van der Waals surface area contributed by atoms with Gasteiger partial charge in [-0.2, -0.15) is 16.8 Å². The van der Waals surface area contributed by atoms with E-state index >= 15 is 0 Å². The molecule has 0 fully saturated rings. The SMILES string of the molecule is Nc1ccc(S(=O)(=O)O)c2cc(S(=O)(=O)O)[c]c(O)c12. The molecule has 0 heterocycles. The van der Waals surface area contributed by atoms with Crippen molar-refractivity contribution in [3.63, 3.8) is 0 Å². The smallest absolute Gasteiger partial charge is 0.295 e. The van der Waals surface area contributed by atoms with Gasteiger partial charge in [0.25, 0.3) is 20.2 Å². The molecule has 0 aromatic heterocycles. The van der Waals surface area contributed by atoms with E-state index in [1.54, 1.807) is 0 Å². The minimum atomic E-state index is -4.72. The van der Waals surface area contributed by atoms with E-state index in [2.05, 4.69) is 0 Å². The Bertz CT molecular complexity index is 916. The monoisotopic (exact) mass is 318 g/mol. The Labute approximate surface area is 114 Å². The van der Waals surface area contributed by atoms with Crippen LogP contribution in [0.15, 0.2) is 28.0 Å². The van der Waals surface area contributed by atoms with Crippen LogP contribution < -0.4 is 5.73 Å². The van der Waals surface area contributed by atoms with Crippen molar-refractivity contribution in [1.29, 1.82) is 0 Å². The summed E-state index contributed by atoms with van der Waals surface area (Å²) in [5.74, 6) is -0.766. The number of nitrogen functional groups attached to an aromatic ring is 1. The Morgan fingerprint density at radius 2 is 1.65 bits per heavy atom. The Morgan fingerprint density at radius 3 is 2.15 bits per heavy atom. The van der Waals surface area contributed by atoms with Gasteiger partial charge in [-0.05, 0) is 18.2 Å². The van der Waals surface area contributed by atoms with Crippen LogP contribution in [0, 0.1) is 6.07 Å². The van der Waals surface area contributed by atoms with E-state index < -0.39 is 35.8 Å². The molecule has 107 valence electrons. The molecule has 0 unspecified atom stereocenters. The lowest BCUT2D eigenvalue weighted by Gasteiger charge is -2.09. The summed E-state index contributed by atoms with van der Waals surface area (Å²) in [6.07, 6.45) is 0. The van der Waals surface area contributed by atoms with Crippen LogP contribution in [0.4, 0.5) is 5.69 Å². The van der Waals surface area contributed by atoms with Crippen LogP contribution in [0.2, 0.25) is 0 Å². The van der Waals surface area contributed by atoms with E-state index in [0.29, 0.717) is 0 Å². The van der Waals surface area contributed by atoms with Crippen molar-refractivity contribution in [3.8, 4) is 5.75 Å². The van der Waals surface area contributed by atoms with Gasteiger partial charge in [-0.1, -0.05) is 0 Å². The Balaban J connectivity index is 3.08. The van der Waals surface area contributed by atoms with Crippen molar-refractivity contribution in [3.05, 3.63) is 24.3 Å². The number of fused-ring (bicyclic) bond motifs is 1. The van der Waals surface area contributed by atoms with Crippen LogP contribution in [-0.2, 0) is 20.2 Å². The molecule has 0 spiro atoms. The minimum absolute atomic E-state index is 0.0527. The van der Waals surface area contributed by atoms with E-state index in [1.807, 2.05) is 6.07 Å². The fourth-order valence-electron chi connectivity index (χ4n) is 1.74.